The van der Waals surface area contributed by atoms with Gasteiger partial charge in [0.05, 0.1) is 13.5 Å². The molecule has 104 valence electrons. The topological polar surface area (TPSA) is 87.2 Å². The highest BCUT2D eigenvalue weighted by atomic mass is 16.5. The number of aliphatic carboxylic acids is 1. The maximum Gasteiger partial charge on any atom is 0.319 e. The summed E-state index contributed by atoms with van der Waals surface area (Å²) >= 11 is 0. The van der Waals surface area contributed by atoms with Gasteiger partial charge in [-0.1, -0.05) is 0 Å². The molecule has 0 unspecified atom stereocenters. The minimum absolute atomic E-state index is 0.0851. The number of amides is 2. The zero-order valence-electron chi connectivity index (χ0n) is 11.0. The van der Waals surface area contributed by atoms with Crippen LogP contribution in [0.5, 0.6) is 0 Å². The molecule has 0 aliphatic rings. The molecule has 0 aromatic heterocycles. The van der Waals surface area contributed by atoms with Crippen LogP contribution in [-0.4, -0.2) is 67.2 Å². The average Bonchev–Trinajstić information content (AvgIpc) is 2.34. The van der Waals surface area contributed by atoms with E-state index in [0.29, 0.717) is 13.0 Å². The van der Waals surface area contributed by atoms with Gasteiger partial charge in [0.25, 0.3) is 0 Å². The van der Waals surface area contributed by atoms with Gasteiger partial charge in [-0.2, -0.15) is 0 Å². The maximum absolute atomic E-state index is 11.7. The number of rotatable bonds is 7. The number of carboxylic acids is 1. The fourth-order valence-electron chi connectivity index (χ4n) is 1.31. The first-order valence-corrected chi connectivity index (χ1v) is 5.63. The van der Waals surface area contributed by atoms with E-state index >= 15 is 0 Å². The maximum atomic E-state index is 11.7. The third kappa shape index (κ3) is 6.72. The molecule has 0 aromatic rings. The van der Waals surface area contributed by atoms with Gasteiger partial charge in [-0.05, 0) is 6.42 Å². The summed E-state index contributed by atoms with van der Waals surface area (Å²) in [7, 11) is 4.47. The lowest BCUT2D eigenvalue weighted by atomic mass is 10.3. The van der Waals surface area contributed by atoms with Crippen molar-refractivity contribution in [3.8, 4) is 0 Å². The van der Waals surface area contributed by atoms with Crippen LogP contribution >= 0.6 is 0 Å². The summed E-state index contributed by atoms with van der Waals surface area (Å²) in [6.45, 7) is 0.584. The molecule has 0 aliphatic carbocycles. The van der Waals surface area contributed by atoms with Crippen LogP contribution in [0.2, 0.25) is 0 Å². The van der Waals surface area contributed by atoms with Crippen molar-refractivity contribution >= 4 is 18.0 Å². The van der Waals surface area contributed by atoms with E-state index in [1.54, 1.807) is 14.1 Å². The number of hydrogen-bond donors (Lipinski definition) is 1. The third-order valence-corrected chi connectivity index (χ3v) is 2.42. The number of esters is 1. The number of ether oxygens (including phenoxy) is 1. The number of carboxylic acid groups (broad SMARTS) is 1. The molecule has 0 rings (SSSR count). The second kappa shape index (κ2) is 8.32. The van der Waals surface area contributed by atoms with E-state index in [4.69, 9.17) is 5.11 Å². The first-order valence-electron chi connectivity index (χ1n) is 5.63. The summed E-state index contributed by atoms with van der Waals surface area (Å²) < 4.78 is 4.49. The number of nitrogens with zero attached hydrogens (tertiary/aromatic N) is 2. The second-order valence-corrected chi connectivity index (χ2v) is 3.95. The van der Waals surface area contributed by atoms with Crippen molar-refractivity contribution in [2.24, 2.45) is 0 Å². The van der Waals surface area contributed by atoms with Gasteiger partial charge in [0, 0.05) is 33.6 Å². The van der Waals surface area contributed by atoms with E-state index in [1.165, 1.54) is 16.9 Å². The lowest BCUT2D eigenvalue weighted by Gasteiger charge is -2.24. The SMILES string of the molecule is COC(=O)CCCN(C)C(=O)N(C)CCC(=O)O. The highest BCUT2D eigenvalue weighted by Gasteiger charge is 2.15. The van der Waals surface area contributed by atoms with Gasteiger partial charge in [-0.3, -0.25) is 9.59 Å². The highest BCUT2D eigenvalue weighted by Crippen LogP contribution is 2.00. The predicted molar refractivity (Wildman–Crippen MR) is 64.2 cm³/mol. The third-order valence-electron chi connectivity index (χ3n) is 2.42. The van der Waals surface area contributed by atoms with E-state index < -0.39 is 5.97 Å². The van der Waals surface area contributed by atoms with Crippen molar-refractivity contribution in [2.75, 3.05) is 34.3 Å². The van der Waals surface area contributed by atoms with Crippen LogP contribution in [0.1, 0.15) is 19.3 Å². The number of carbonyl (C=O) groups is 3. The Morgan fingerprint density at radius 3 is 2.11 bits per heavy atom. The molecule has 2 amide bonds. The minimum Gasteiger partial charge on any atom is -0.481 e. The Hall–Kier alpha value is -1.79. The highest BCUT2D eigenvalue weighted by molar-refractivity contribution is 5.75. The van der Waals surface area contributed by atoms with E-state index in [0.717, 1.165) is 0 Å². The Bertz CT molecular complexity index is 306. The number of carbonyl (C=O) groups excluding carboxylic acids is 2. The van der Waals surface area contributed by atoms with Crippen LogP contribution in [0, 0.1) is 0 Å². The van der Waals surface area contributed by atoms with Crippen molar-refractivity contribution in [3.05, 3.63) is 0 Å². The molecule has 0 saturated carbocycles. The lowest BCUT2D eigenvalue weighted by molar-refractivity contribution is -0.141. The van der Waals surface area contributed by atoms with Crippen LogP contribution in [0.15, 0.2) is 0 Å². The van der Waals surface area contributed by atoms with Crippen molar-refractivity contribution in [1.29, 1.82) is 0 Å². The Morgan fingerprint density at radius 1 is 1.06 bits per heavy atom. The molecule has 0 saturated heterocycles. The first-order chi connectivity index (χ1) is 8.38. The summed E-state index contributed by atoms with van der Waals surface area (Å²) in [6.07, 6.45) is 0.687. The molecule has 0 aromatic carbocycles. The molecule has 0 spiro atoms. The second-order valence-electron chi connectivity index (χ2n) is 3.95. The Kier molecular flexibility index (Phi) is 7.50. The number of methoxy groups -OCH3 is 1. The van der Waals surface area contributed by atoms with Gasteiger partial charge >= 0.3 is 18.0 Å². The van der Waals surface area contributed by atoms with Crippen molar-refractivity contribution in [1.82, 2.24) is 9.80 Å². The average molecular weight is 260 g/mol. The first kappa shape index (κ1) is 16.2. The Labute approximate surface area is 106 Å². The fourth-order valence-corrected chi connectivity index (χ4v) is 1.31. The normalized spacial score (nSPS) is 9.72. The summed E-state index contributed by atoms with van der Waals surface area (Å²) in [5.41, 5.74) is 0. The van der Waals surface area contributed by atoms with Gasteiger partial charge in [-0.15, -0.1) is 0 Å². The molecule has 0 bridgehead atoms. The van der Waals surface area contributed by atoms with Crippen LogP contribution in [0.25, 0.3) is 0 Å². The standard InChI is InChI=1S/C11H20N2O5/c1-12(7-4-5-10(16)18-3)11(17)13(2)8-6-9(14)15/h4-8H2,1-3H3,(H,14,15). The van der Waals surface area contributed by atoms with Gasteiger partial charge in [0.15, 0.2) is 0 Å². The van der Waals surface area contributed by atoms with Crippen LogP contribution in [0.3, 0.4) is 0 Å². The Balaban J connectivity index is 3.94. The van der Waals surface area contributed by atoms with Crippen molar-refractivity contribution < 1.29 is 24.2 Å². The van der Waals surface area contributed by atoms with Crippen LogP contribution < -0.4 is 0 Å². The van der Waals surface area contributed by atoms with E-state index in [-0.39, 0.29) is 31.4 Å². The van der Waals surface area contributed by atoms with Crippen LogP contribution in [0.4, 0.5) is 4.79 Å². The van der Waals surface area contributed by atoms with E-state index in [2.05, 4.69) is 4.74 Å². The quantitative estimate of drug-likeness (QED) is 0.669. The molecule has 0 fully saturated rings. The van der Waals surface area contributed by atoms with Gasteiger partial charge in [0.1, 0.15) is 0 Å². The zero-order chi connectivity index (χ0) is 14.1. The summed E-state index contributed by atoms with van der Waals surface area (Å²) in [5, 5.41) is 8.51. The molecule has 0 radical (unpaired) electrons. The molecule has 1 N–H and O–H groups in total. The van der Waals surface area contributed by atoms with Gasteiger partial charge < -0.3 is 19.6 Å². The summed E-state index contributed by atoms with van der Waals surface area (Å²) in [4.78, 5) is 35.8. The monoisotopic (exact) mass is 260 g/mol. The van der Waals surface area contributed by atoms with Gasteiger partial charge in [-0.25, -0.2) is 4.79 Å². The lowest BCUT2D eigenvalue weighted by Crippen LogP contribution is -2.40. The molecule has 0 aliphatic heterocycles. The molecule has 7 nitrogen and oxygen atoms in total. The van der Waals surface area contributed by atoms with E-state index in [9.17, 15) is 14.4 Å². The molecule has 0 heterocycles. The van der Waals surface area contributed by atoms with E-state index in [1.807, 2.05) is 0 Å². The Morgan fingerprint density at radius 2 is 1.61 bits per heavy atom. The number of hydrogen-bond acceptors (Lipinski definition) is 4. The van der Waals surface area contributed by atoms with Crippen LogP contribution in [-0.2, 0) is 14.3 Å². The molecule has 0 atom stereocenters. The van der Waals surface area contributed by atoms with Crippen molar-refractivity contribution in [2.45, 2.75) is 19.3 Å². The van der Waals surface area contributed by atoms with Gasteiger partial charge in [0.2, 0.25) is 0 Å². The summed E-state index contributed by atoms with van der Waals surface area (Å²) in [6, 6.07) is -0.263. The fraction of sp³-hybridized carbons (Fsp3) is 0.727. The summed E-state index contributed by atoms with van der Waals surface area (Å²) in [5.74, 6) is -1.25. The largest absolute Gasteiger partial charge is 0.481 e. The molecular formula is C11H20N2O5. The number of urea groups is 1. The predicted octanol–water partition coefficient (Wildman–Crippen LogP) is 0.398. The molecular weight excluding hydrogens is 240 g/mol. The molecule has 7 heteroatoms. The zero-order valence-corrected chi connectivity index (χ0v) is 11.0. The smallest absolute Gasteiger partial charge is 0.319 e. The van der Waals surface area contributed by atoms with Crippen molar-refractivity contribution in [3.63, 3.8) is 0 Å². The minimum atomic E-state index is -0.942. The molecule has 18 heavy (non-hydrogen) atoms.